The number of nitrogens with zero attached hydrogens (tertiary/aromatic N) is 2. The van der Waals surface area contributed by atoms with Gasteiger partial charge in [0, 0.05) is 31.0 Å². The number of halogens is 1. The predicted octanol–water partition coefficient (Wildman–Crippen LogP) is 5.07. The molecular weight excluding hydrogens is 476 g/mol. The Kier molecular flexibility index (Phi) is 7.13. The number of aromatic nitrogens is 2. The van der Waals surface area contributed by atoms with Crippen LogP contribution in [0.5, 0.6) is 0 Å². The zero-order chi connectivity index (χ0) is 22.8. The second-order valence-electron chi connectivity index (χ2n) is 8.90. The summed E-state index contributed by atoms with van der Waals surface area (Å²) in [5.74, 6) is -0.990. The molecular formula is C23H27BrN2O4Si. The van der Waals surface area contributed by atoms with Crippen molar-refractivity contribution in [2.45, 2.75) is 45.8 Å². The van der Waals surface area contributed by atoms with Gasteiger partial charge in [-0.3, -0.25) is 4.79 Å². The smallest absolute Gasteiger partial charge is 0.336 e. The van der Waals surface area contributed by atoms with E-state index in [-0.39, 0.29) is 17.9 Å². The molecule has 0 spiro atoms. The number of fused-ring (bicyclic) bond motifs is 1. The number of hydrogen-bond acceptors (Lipinski definition) is 4. The van der Waals surface area contributed by atoms with Crippen LogP contribution >= 0.6 is 15.9 Å². The summed E-state index contributed by atoms with van der Waals surface area (Å²) in [5, 5.41) is 15.4. The quantitative estimate of drug-likeness (QED) is 0.343. The first-order chi connectivity index (χ1) is 14.6. The minimum absolute atomic E-state index is 0.0981. The minimum Gasteiger partial charge on any atom is -0.478 e. The van der Waals surface area contributed by atoms with Gasteiger partial charge in [-0.15, -0.1) is 0 Å². The van der Waals surface area contributed by atoms with Crippen LogP contribution < -0.4 is 5.56 Å². The van der Waals surface area contributed by atoms with Crippen molar-refractivity contribution < 1.29 is 14.6 Å². The van der Waals surface area contributed by atoms with Crippen molar-refractivity contribution in [2.24, 2.45) is 0 Å². The molecule has 0 fully saturated rings. The number of hydrogen-bond donors (Lipinski definition) is 1. The molecule has 1 aromatic heterocycles. The Morgan fingerprint density at radius 3 is 2.52 bits per heavy atom. The van der Waals surface area contributed by atoms with Gasteiger partial charge in [0.25, 0.3) is 5.56 Å². The van der Waals surface area contributed by atoms with Gasteiger partial charge in [0.2, 0.25) is 0 Å². The lowest BCUT2D eigenvalue weighted by atomic mass is 10.0. The van der Waals surface area contributed by atoms with E-state index in [1.807, 2.05) is 31.2 Å². The van der Waals surface area contributed by atoms with Crippen LogP contribution in [0.4, 0.5) is 0 Å². The van der Waals surface area contributed by atoms with Gasteiger partial charge < -0.3 is 9.84 Å². The fourth-order valence-corrected chi connectivity index (χ4v) is 4.50. The SMILES string of the molecule is Cc1cc(Cc2nn(COCC[Si](C)(C)C)c(=O)c3ccccc23)cc(C(=O)O)c1Br. The lowest BCUT2D eigenvalue weighted by Crippen LogP contribution is -2.27. The van der Waals surface area contributed by atoms with Crippen LogP contribution in [-0.2, 0) is 17.9 Å². The van der Waals surface area contributed by atoms with Crippen molar-refractivity contribution in [3.05, 3.63) is 73.6 Å². The molecule has 8 heteroatoms. The number of carboxylic acids is 1. The third-order valence-corrected chi connectivity index (χ3v) is 7.83. The maximum atomic E-state index is 12.9. The summed E-state index contributed by atoms with van der Waals surface area (Å²) in [5.41, 5.74) is 2.39. The summed E-state index contributed by atoms with van der Waals surface area (Å²) in [4.78, 5) is 24.5. The lowest BCUT2D eigenvalue weighted by Gasteiger charge is -2.16. The summed E-state index contributed by atoms with van der Waals surface area (Å²) in [7, 11) is -1.22. The maximum absolute atomic E-state index is 12.9. The fourth-order valence-electron chi connectivity index (χ4n) is 3.35. The Hall–Kier alpha value is -2.29. The van der Waals surface area contributed by atoms with E-state index in [1.54, 1.807) is 12.1 Å². The van der Waals surface area contributed by atoms with E-state index in [0.717, 1.165) is 22.6 Å². The minimum atomic E-state index is -1.22. The Morgan fingerprint density at radius 1 is 1.19 bits per heavy atom. The van der Waals surface area contributed by atoms with E-state index in [1.165, 1.54) is 4.68 Å². The average Bonchev–Trinajstić information content (AvgIpc) is 2.70. The van der Waals surface area contributed by atoms with Gasteiger partial charge in [-0.05, 0) is 52.2 Å². The number of carboxylic acid groups (broad SMARTS) is 1. The van der Waals surface area contributed by atoms with Crippen molar-refractivity contribution in [1.82, 2.24) is 9.78 Å². The van der Waals surface area contributed by atoms with E-state index >= 15 is 0 Å². The molecule has 0 aliphatic rings. The van der Waals surface area contributed by atoms with E-state index < -0.39 is 14.0 Å². The third kappa shape index (κ3) is 5.69. The number of carbonyl (C=O) groups is 1. The molecule has 3 rings (SSSR count). The number of aryl methyl sites for hydroxylation is 1. The van der Waals surface area contributed by atoms with Gasteiger partial charge in [-0.25, -0.2) is 9.48 Å². The molecule has 0 amide bonds. The maximum Gasteiger partial charge on any atom is 0.336 e. The van der Waals surface area contributed by atoms with Crippen molar-refractivity contribution in [3.8, 4) is 0 Å². The van der Waals surface area contributed by atoms with Gasteiger partial charge in [0.15, 0.2) is 0 Å². The van der Waals surface area contributed by atoms with Crippen LogP contribution in [0, 0.1) is 6.92 Å². The topological polar surface area (TPSA) is 81.4 Å². The Labute approximate surface area is 191 Å². The molecule has 0 bridgehead atoms. The van der Waals surface area contributed by atoms with Crippen LogP contribution in [0.3, 0.4) is 0 Å². The molecule has 0 aliphatic carbocycles. The van der Waals surface area contributed by atoms with Gasteiger partial charge >= 0.3 is 5.97 Å². The van der Waals surface area contributed by atoms with Gasteiger partial charge in [-0.1, -0.05) is 43.9 Å². The zero-order valence-electron chi connectivity index (χ0n) is 18.2. The van der Waals surface area contributed by atoms with E-state index in [9.17, 15) is 14.7 Å². The molecule has 0 radical (unpaired) electrons. The first kappa shape index (κ1) is 23.4. The summed E-state index contributed by atoms with van der Waals surface area (Å²) >= 11 is 3.35. The highest BCUT2D eigenvalue weighted by molar-refractivity contribution is 9.10. The van der Waals surface area contributed by atoms with Crippen molar-refractivity contribution in [2.75, 3.05) is 6.61 Å². The fraction of sp³-hybridized carbons (Fsp3) is 0.348. The molecule has 0 aliphatic heterocycles. The van der Waals surface area contributed by atoms with Crippen molar-refractivity contribution >= 4 is 40.7 Å². The van der Waals surface area contributed by atoms with Crippen molar-refractivity contribution in [3.63, 3.8) is 0 Å². The van der Waals surface area contributed by atoms with Gasteiger partial charge in [-0.2, -0.15) is 5.10 Å². The lowest BCUT2D eigenvalue weighted by molar-refractivity contribution is 0.0695. The number of rotatable bonds is 8. The van der Waals surface area contributed by atoms with Crippen LogP contribution in [0.15, 0.2) is 45.7 Å². The summed E-state index contributed by atoms with van der Waals surface area (Å²) < 4.78 is 7.71. The van der Waals surface area contributed by atoms with E-state index in [2.05, 4.69) is 40.7 Å². The molecule has 6 nitrogen and oxygen atoms in total. The van der Waals surface area contributed by atoms with Gasteiger partial charge in [0.1, 0.15) is 6.73 Å². The van der Waals surface area contributed by atoms with Crippen molar-refractivity contribution in [1.29, 1.82) is 0 Å². The highest BCUT2D eigenvalue weighted by Gasteiger charge is 2.16. The molecule has 1 heterocycles. The molecule has 31 heavy (non-hydrogen) atoms. The van der Waals surface area contributed by atoms with E-state index in [4.69, 9.17) is 4.74 Å². The normalized spacial score (nSPS) is 11.8. The molecule has 1 N–H and O–H groups in total. The van der Waals surface area contributed by atoms with Crippen LogP contribution in [0.1, 0.15) is 27.2 Å². The van der Waals surface area contributed by atoms with Gasteiger partial charge in [0.05, 0.1) is 16.6 Å². The third-order valence-electron chi connectivity index (χ3n) is 5.07. The number of benzene rings is 2. The first-order valence-corrected chi connectivity index (χ1v) is 14.7. The predicted molar refractivity (Wildman–Crippen MR) is 129 cm³/mol. The molecule has 2 aromatic carbocycles. The molecule has 0 unspecified atom stereocenters. The standard InChI is InChI=1S/C23H27BrN2O4Si/c1-15-11-16(12-19(21(15)24)23(28)29)13-20-17-7-5-6-8-18(17)22(27)26(25-20)14-30-9-10-31(2,3)4/h5-8,11-12H,9-10,13-14H2,1-4H3,(H,28,29). The second kappa shape index (κ2) is 9.46. The van der Waals surface area contributed by atoms with E-state index in [0.29, 0.717) is 28.6 Å². The molecule has 0 saturated carbocycles. The zero-order valence-corrected chi connectivity index (χ0v) is 20.8. The average molecular weight is 503 g/mol. The largest absolute Gasteiger partial charge is 0.478 e. The second-order valence-corrected chi connectivity index (χ2v) is 15.3. The Balaban J connectivity index is 1.98. The summed E-state index contributed by atoms with van der Waals surface area (Å²) in [6, 6.07) is 12.0. The highest BCUT2D eigenvalue weighted by atomic mass is 79.9. The molecule has 3 aromatic rings. The monoisotopic (exact) mass is 502 g/mol. The summed E-state index contributed by atoms with van der Waals surface area (Å²) in [6.45, 7) is 9.39. The van der Waals surface area contributed by atoms with Crippen LogP contribution in [-0.4, -0.2) is 35.5 Å². The van der Waals surface area contributed by atoms with Crippen LogP contribution in [0.25, 0.3) is 10.8 Å². The summed E-state index contributed by atoms with van der Waals surface area (Å²) in [6.07, 6.45) is 0.407. The Bertz CT molecular complexity index is 1180. The first-order valence-electron chi connectivity index (χ1n) is 10.2. The highest BCUT2D eigenvalue weighted by Crippen LogP contribution is 2.25. The number of ether oxygens (including phenoxy) is 1. The van der Waals surface area contributed by atoms with Crippen LogP contribution in [0.2, 0.25) is 25.7 Å². The molecule has 0 saturated heterocycles. The molecule has 164 valence electrons. The number of aromatic carboxylic acids is 1. The Morgan fingerprint density at radius 2 is 1.87 bits per heavy atom. The molecule has 0 atom stereocenters.